The van der Waals surface area contributed by atoms with Gasteiger partial charge in [-0.2, -0.15) is 0 Å². The molecule has 6 heteroatoms. The Morgan fingerprint density at radius 3 is 2.65 bits per heavy atom. The summed E-state index contributed by atoms with van der Waals surface area (Å²) in [6.45, 7) is 5.78. The lowest BCUT2D eigenvalue weighted by Gasteiger charge is -2.29. The second-order valence-corrected chi connectivity index (χ2v) is 5.39. The Bertz CT molecular complexity index is 431. The van der Waals surface area contributed by atoms with Crippen LogP contribution in [0, 0.1) is 0 Å². The van der Waals surface area contributed by atoms with Crippen LogP contribution in [0.3, 0.4) is 0 Å². The first kappa shape index (κ1) is 15.1. The predicted molar refractivity (Wildman–Crippen MR) is 82.4 cm³/mol. The summed E-state index contributed by atoms with van der Waals surface area (Å²) in [6, 6.07) is 7.02. The molecule has 1 saturated heterocycles. The normalized spacial score (nSPS) is 15.9. The molecule has 20 heavy (non-hydrogen) atoms. The zero-order chi connectivity index (χ0) is 14.4. The Morgan fingerprint density at radius 2 is 2.00 bits per heavy atom. The highest BCUT2D eigenvalue weighted by Crippen LogP contribution is 2.13. The van der Waals surface area contributed by atoms with Gasteiger partial charge in [0.2, 0.25) is 0 Å². The minimum absolute atomic E-state index is 0.0949. The number of nitrogens with zero attached hydrogens (tertiary/aromatic N) is 2. The number of halogens is 1. The molecule has 110 valence electrons. The fourth-order valence-electron chi connectivity index (χ4n) is 2.08. The van der Waals surface area contributed by atoms with E-state index in [0.717, 1.165) is 45.0 Å². The molecule has 0 saturated carbocycles. The van der Waals surface area contributed by atoms with E-state index in [2.05, 4.69) is 15.5 Å². The molecule has 2 rings (SSSR count). The number of hydrogen-bond donors (Lipinski definition) is 2. The van der Waals surface area contributed by atoms with Crippen molar-refractivity contribution in [2.75, 3.05) is 51.6 Å². The topological polar surface area (TPSA) is 47.6 Å². The van der Waals surface area contributed by atoms with Crippen LogP contribution in [0.4, 0.5) is 10.5 Å². The van der Waals surface area contributed by atoms with Gasteiger partial charge in [0.25, 0.3) is 0 Å². The molecule has 0 bridgehead atoms. The number of amides is 2. The van der Waals surface area contributed by atoms with Crippen molar-refractivity contribution in [3.05, 3.63) is 29.3 Å². The number of carbonyl (C=O) groups excluding carboxylic acids is 1. The summed E-state index contributed by atoms with van der Waals surface area (Å²) in [5.41, 5.74) is 0.758. The fourth-order valence-corrected chi connectivity index (χ4v) is 2.21. The maximum atomic E-state index is 12.0. The van der Waals surface area contributed by atoms with Gasteiger partial charge in [-0.3, -0.25) is 4.90 Å². The standard InChI is InChI=1S/C14H21ClN4O/c1-18(10-11-19-8-6-16-7-9-19)14(20)17-13-4-2-12(15)3-5-13/h2-5,16H,6-11H2,1H3,(H,17,20). The number of carbonyl (C=O) groups is 1. The minimum Gasteiger partial charge on any atom is -0.326 e. The first-order valence-electron chi connectivity index (χ1n) is 6.86. The number of piperazine rings is 1. The summed E-state index contributed by atoms with van der Waals surface area (Å²) in [5, 5.41) is 6.83. The summed E-state index contributed by atoms with van der Waals surface area (Å²) in [4.78, 5) is 16.1. The number of anilines is 1. The van der Waals surface area contributed by atoms with Gasteiger partial charge in [0, 0.05) is 57.0 Å². The summed E-state index contributed by atoms with van der Waals surface area (Å²) < 4.78 is 0. The highest BCUT2D eigenvalue weighted by atomic mass is 35.5. The third-order valence-electron chi connectivity index (χ3n) is 3.40. The van der Waals surface area contributed by atoms with E-state index in [-0.39, 0.29) is 6.03 Å². The molecule has 0 aromatic heterocycles. The highest BCUT2D eigenvalue weighted by molar-refractivity contribution is 6.30. The highest BCUT2D eigenvalue weighted by Gasteiger charge is 2.13. The second kappa shape index (κ2) is 7.47. The molecular weight excluding hydrogens is 276 g/mol. The van der Waals surface area contributed by atoms with Crippen LogP contribution in [0.1, 0.15) is 0 Å². The van der Waals surface area contributed by atoms with E-state index < -0.39 is 0 Å². The van der Waals surface area contributed by atoms with Crippen molar-refractivity contribution in [2.45, 2.75) is 0 Å². The lowest BCUT2D eigenvalue weighted by atomic mass is 10.3. The Balaban J connectivity index is 1.75. The summed E-state index contributed by atoms with van der Waals surface area (Å²) in [6.07, 6.45) is 0. The van der Waals surface area contributed by atoms with Crippen molar-refractivity contribution < 1.29 is 4.79 Å². The lowest BCUT2D eigenvalue weighted by molar-refractivity contribution is 0.197. The molecule has 2 amide bonds. The van der Waals surface area contributed by atoms with E-state index in [0.29, 0.717) is 5.02 Å². The van der Waals surface area contributed by atoms with Crippen LogP contribution >= 0.6 is 11.6 Å². The lowest BCUT2D eigenvalue weighted by Crippen LogP contribution is -2.46. The van der Waals surface area contributed by atoms with Gasteiger partial charge in [0.05, 0.1) is 0 Å². The third-order valence-corrected chi connectivity index (χ3v) is 3.66. The Kier molecular flexibility index (Phi) is 5.64. The predicted octanol–water partition coefficient (Wildman–Crippen LogP) is 1.71. The summed E-state index contributed by atoms with van der Waals surface area (Å²) >= 11 is 5.81. The SMILES string of the molecule is CN(CCN1CCNCC1)C(=O)Nc1ccc(Cl)cc1. The number of hydrogen-bond acceptors (Lipinski definition) is 3. The maximum absolute atomic E-state index is 12.0. The van der Waals surface area contributed by atoms with Crippen LogP contribution in [0.2, 0.25) is 5.02 Å². The van der Waals surface area contributed by atoms with Crippen LogP contribution in [0.5, 0.6) is 0 Å². The van der Waals surface area contributed by atoms with Crippen LogP contribution in [0.15, 0.2) is 24.3 Å². The van der Waals surface area contributed by atoms with Crippen molar-refractivity contribution in [3.8, 4) is 0 Å². The van der Waals surface area contributed by atoms with Crippen molar-refractivity contribution in [1.29, 1.82) is 0 Å². The van der Waals surface area contributed by atoms with Gasteiger partial charge in [-0.25, -0.2) is 4.79 Å². The molecule has 0 unspecified atom stereocenters. The van der Waals surface area contributed by atoms with Crippen molar-refractivity contribution in [2.24, 2.45) is 0 Å². The molecule has 2 N–H and O–H groups in total. The van der Waals surface area contributed by atoms with Gasteiger partial charge < -0.3 is 15.5 Å². The largest absolute Gasteiger partial charge is 0.326 e. The third kappa shape index (κ3) is 4.67. The number of rotatable bonds is 4. The van der Waals surface area contributed by atoms with Gasteiger partial charge in [-0.15, -0.1) is 0 Å². The molecule has 0 spiro atoms. The average molecular weight is 297 g/mol. The van der Waals surface area contributed by atoms with Crippen LogP contribution in [-0.2, 0) is 0 Å². The number of benzene rings is 1. The average Bonchev–Trinajstić information content (AvgIpc) is 2.48. The number of urea groups is 1. The minimum atomic E-state index is -0.0949. The Morgan fingerprint density at radius 1 is 1.35 bits per heavy atom. The van der Waals surface area contributed by atoms with Gasteiger partial charge in [-0.05, 0) is 24.3 Å². The van der Waals surface area contributed by atoms with Crippen LogP contribution in [0.25, 0.3) is 0 Å². The Labute approximate surface area is 124 Å². The van der Waals surface area contributed by atoms with Crippen LogP contribution < -0.4 is 10.6 Å². The molecule has 0 atom stereocenters. The van der Waals surface area contributed by atoms with Gasteiger partial charge in [0.1, 0.15) is 0 Å². The number of nitrogens with one attached hydrogen (secondary N) is 2. The monoisotopic (exact) mass is 296 g/mol. The molecular formula is C14H21ClN4O. The van der Waals surface area contributed by atoms with E-state index in [4.69, 9.17) is 11.6 Å². The van der Waals surface area contributed by atoms with Gasteiger partial charge in [-0.1, -0.05) is 11.6 Å². The van der Waals surface area contributed by atoms with E-state index in [1.807, 2.05) is 7.05 Å². The molecule has 1 aliphatic heterocycles. The second-order valence-electron chi connectivity index (χ2n) is 4.95. The molecule has 1 aromatic carbocycles. The fraction of sp³-hybridized carbons (Fsp3) is 0.500. The Hall–Kier alpha value is -1.30. The van der Waals surface area contributed by atoms with E-state index in [1.54, 1.807) is 29.2 Å². The molecule has 1 aromatic rings. The van der Waals surface area contributed by atoms with E-state index >= 15 is 0 Å². The molecule has 1 aliphatic rings. The quantitative estimate of drug-likeness (QED) is 0.889. The molecule has 1 fully saturated rings. The van der Waals surface area contributed by atoms with Crippen molar-refractivity contribution >= 4 is 23.3 Å². The zero-order valence-corrected chi connectivity index (χ0v) is 12.5. The van der Waals surface area contributed by atoms with Gasteiger partial charge >= 0.3 is 6.03 Å². The first-order chi connectivity index (χ1) is 9.65. The van der Waals surface area contributed by atoms with Crippen molar-refractivity contribution in [1.82, 2.24) is 15.1 Å². The van der Waals surface area contributed by atoms with E-state index in [9.17, 15) is 4.79 Å². The molecule has 0 radical (unpaired) electrons. The first-order valence-corrected chi connectivity index (χ1v) is 7.24. The summed E-state index contributed by atoms with van der Waals surface area (Å²) in [7, 11) is 1.81. The van der Waals surface area contributed by atoms with Gasteiger partial charge in [0.15, 0.2) is 0 Å². The van der Waals surface area contributed by atoms with E-state index in [1.165, 1.54) is 0 Å². The smallest absolute Gasteiger partial charge is 0.321 e. The number of likely N-dealkylation sites (N-methyl/N-ethyl adjacent to an activating group) is 1. The molecule has 0 aliphatic carbocycles. The van der Waals surface area contributed by atoms with Crippen LogP contribution in [-0.4, -0.2) is 62.1 Å². The maximum Gasteiger partial charge on any atom is 0.321 e. The summed E-state index contributed by atoms with van der Waals surface area (Å²) in [5.74, 6) is 0. The van der Waals surface area contributed by atoms with Crippen molar-refractivity contribution in [3.63, 3.8) is 0 Å². The zero-order valence-electron chi connectivity index (χ0n) is 11.7. The molecule has 1 heterocycles. The molecule has 5 nitrogen and oxygen atoms in total.